The molecule has 1 aromatic heterocycles. The molecule has 2 aromatic rings. The average molecular weight is 270 g/mol. The Morgan fingerprint density at radius 1 is 1.40 bits per heavy atom. The fourth-order valence-electron chi connectivity index (χ4n) is 1.47. The molecule has 1 atom stereocenters. The summed E-state index contributed by atoms with van der Waals surface area (Å²) < 4.78 is 5.13. The highest BCUT2D eigenvalue weighted by molar-refractivity contribution is 6.02. The van der Waals surface area contributed by atoms with Gasteiger partial charge in [0.1, 0.15) is 12.4 Å². The standard InChI is InChI=1S/C15H14N2O3/c1-10(18)2-3-11-8-14(20-9-11)15(19)17-13-6-4-12(16)5-7-13/h4-10,18H,16H2,1H3,(H,17,19). The largest absolute Gasteiger partial charge is 0.458 e. The lowest BCUT2D eigenvalue weighted by Gasteiger charge is -2.02. The number of aliphatic hydroxyl groups is 1. The van der Waals surface area contributed by atoms with E-state index in [9.17, 15) is 4.79 Å². The zero-order valence-electron chi connectivity index (χ0n) is 10.9. The summed E-state index contributed by atoms with van der Waals surface area (Å²) in [7, 11) is 0. The van der Waals surface area contributed by atoms with Gasteiger partial charge in [-0.2, -0.15) is 0 Å². The maximum absolute atomic E-state index is 11.9. The summed E-state index contributed by atoms with van der Waals surface area (Å²) in [5.74, 6) is 5.04. The zero-order chi connectivity index (χ0) is 14.5. The van der Waals surface area contributed by atoms with Crippen molar-refractivity contribution in [2.24, 2.45) is 0 Å². The van der Waals surface area contributed by atoms with E-state index in [0.717, 1.165) is 0 Å². The van der Waals surface area contributed by atoms with Crippen molar-refractivity contribution in [1.82, 2.24) is 0 Å². The first-order valence-electron chi connectivity index (χ1n) is 5.99. The van der Waals surface area contributed by atoms with Gasteiger partial charge in [0.15, 0.2) is 5.76 Å². The molecule has 1 aromatic carbocycles. The number of aliphatic hydroxyl groups excluding tert-OH is 1. The molecule has 4 N–H and O–H groups in total. The van der Waals surface area contributed by atoms with Crippen LogP contribution in [0.4, 0.5) is 11.4 Å². The maximum Gasteiger partial charge on any atom is 0.291 e. The molecule has 0 aliphatic carbocycles. The first-order chi connectivity index (χ1) is 9.54. The number of hydrogen-bond acceptors (Lipinski definition) is 4. The van der Waals surface area contributed by atoms with Gasteiger partial charge in [-0.15, -0.1) is 0 Å². The van der Waals surface area contributed by atoms with E-state index in [2.05, 4.69) is 17.2 Å². The summed E-state index contributed by atoms with van der Waals surface area (Å²) in [6, 6.07) is 8.30. The van der Waals surface area contributed by atoms with Crippen molar-refractivity contribution >= 4 is 17.3 Å². The number of amides is 1. The molecule has 0 aliphatic heterocycles. The summed E-state index contributed by atoms with van der Waals surface area (Å²) in [5.41, 5.74) is 7.34. The number of benzene rings is 1. The second-order valence-corrected chi connectivity index (χ2v) is 4.22. The van der Waals surface area contributed by atoms with Crippen molar-refractivity contribution in [3.8, 4) is 11.8 Å². The minimum atomic E-state index is -0.725. The summed E-state index contributed by atoms with van der Waals surface area (Å²) in [6.07, 6.45) is 0.643. The van der Waals surface area contributed by atoms with Gasteiger partial charge in [0.25, 0.3) is 5.91 Å². The van der Waals surface area contributed by atoms with Crippen LogP contribution in [0.1, 0.15) is 23.0 Å². The topological polar surface area (TPSA) is 88.5 Å². The van der Waals surface area contributed by atoms with E-state index in [4.69, 9.17) is 15.3 Å². The van der Waals surface area contributed by atoms with Crippen molar-refractivity contribution < 1.29 is 14.3 Å². The van der Waals surface area contributed by atoms with Crippen molar-refractivity contribution in [2.45, 2.75) is 13.0 Å². The number of nitrogens with one attached hydrogen (secondary N) is 1. The Labute approximate surface area is 116 Å². The molecule has 0 fully saturated rings. The predicted molar refractivity (Wildman–Crippen MR) is 76.1 cm³/mol. The normalized spacial score (nSPS) is 11.3. The van der Waals surface area contributed by atoms with Gasteiger partial charge in [0.2, 0.25) is 0 Å². The van der Waals surface area contributed by atoms with E-state index in [-0.39, 0.29) is 11.7 Å². The molecule has 0 spiro atoms. The maximum atomic E-state index is 11.9. The molecule has 2 rings (SSSR count). The Balaban J connectivity index is 2.07. The first kappa shape index (κ1) is 13.7. The summed E-state index contributed by atoms with van der Waals surface area (Å²) in [4.78, 5) is 11.9. The number of carbonyl (C=O) groups excluding carboxylic acids is 1. The van der Waals surface area contributed by atoms with E-state index >= 15 is 0 Å². The van der Waals surface area contributed by atoms with E-state index in [1.807, 2.05) is 0 Å². The number of nitrogens with two attached hydrogens (primary N) is 1. The number of anilines is 2. The SMILES string of the molecule is CC(O)C#Cc1coc(C(=O)Nc2ccc(N)cc2)c1. The quantitative estimate of drug-likeness (QED) is 0.574. The molecule has 1 amide bonds. The van der Waals surface area contributed by atoms with Crippen molar-refractivity contribution in [3.05, 3.63) is 47.9 Å². The van der Waals surface area contributed by atoms with Crippen LogP contribution in [0.5, 0.6) is 0 Å². The fraction of sp³-hybridized carbons (Fsp3) is 0.133. The molecule has 5 nitrogen and oxygen atoms in total. The molecule has 0 bridgehead atoms. The highest BCUT2D eigenvalue weighted by atomic mass is 16.3. The second-order valence-electron chi connectivity index (χ2n) is 4.22. The minimum absolute atomic E-state index is 0.150. The minimum Gasteiger partial charge on any atom is -0.458 e. The van der Waals surface area contributed by atoms with Crippen LogP contribution >= 0.6 is 0 Å². The molecule has 20 heavy (non-hydrogen) atoms. The third-order valence-corrected chi connectivity index (χ3v) is 2.42. The number of furan rings is 1. The molecule has 1 heterocycles. The van der Waals surface area contributed by atoms with E-state index in [1.54, 1.807) is 31.2 Å². The molecular weight excluding hydrogens is 256 g/mol. The van der Waals surface area contributed by atoms with Gasteiger partial charge < -0.3 is 20.6 Å². The van der Waals surface area contributed by atoms with Gasteiger partial charge in [-0.25, -0.2) is 0 Å². The van der Waals surface area contributed by atoms with E-state index in [0.29, 0.717) is 16.9 Å². The van der Waals surface area contributed by atoms with Crippen LogP contribution in [-0.4, -0.2) is 17.1 Å². The lowest BCUT2D eigenvalue weighted by molar-refractivity contribution is 0.0996. The van der Waals surface area contributed by atoms with E-state index < -0.39 is 6.10 Å². The third-order valence-electron chi connectivity index (χ3n) is 2.42. The lowest BCUT2D eigenvalue weighted by atomic mass is 10.2. The highest BCUT2D eigenvalue weighted by Crippen LogP contribution is 2.13. The van der Waals surface area contributed by atoms with Gasteiger partial charge in [-0.1, -0.05) is 11.8 Å². The Morgan fingerprint density at radius 2 is 2.10 bits per heavy atom. The zero-order valence-corrected chi connectivity index (χ0v) is 10.9. The molecule has 5 heteroatoms. The average Bonchev–Trinajstić information content (AvgIpc) is 2.88. The smallest absolute Gasteiger partial charge is 0.291 e. The molecule has 1 unspecified atom stereocenters. The first-order valence-corrected chi connectivity index (χ1v) is 5.99. The van der Waals surface area contributed by atoms with Crippen LogP contribution in [-0.2, 0) is 0 Å². The number of carbonyl (C=O) groups is 1. The fourth-order valence-corrected chi connectivity index (χ4v) is 1.47. The van der Waals surface area contributed by atoms with Crippen LogP contribution < -0.4 is 11.1 Å². The Morgan fingerprint density at radius 3 is 2.75 bits per heavy atom. The van der Waals surface area contributed by atoms with Gasteiger partial charge >= 0.3 is 0 Å². The number of nitrogen functional groups attached to an aromatic ring is 1. The van der Waals surface area contributed by atoms with Gasteiger partial charge in [0.05, 0.1) is 5.56 Å². The molecule has 0 saturated carbocycles. The van der Waals surface area contributed by atoms with Crippen molar-refractivity contribution in [1.29, 1.82) is 0 Å². The van der Waals surface area contributed by atoms with Crippen LogP contribution in [0.3, 0.4) is 0 Å². The van der Waals surface area contributed by atoms with E-state index in [1.165, 1.54) is 12.3 Å². The molecule has 0 radical (unpaired) electrons. The van der Waals surface area contributed by atoms with Crippen LogP contribution in [0.15, 0.2) is 41.0 Å². The van der Waals surface area contributed by atoms with Crippen molar-refractivity contribution in [2.75, 3.05) is 11.1 Å². The Bertz CT molecular complexity index is 660. The molecular formula is C15H14N2O3. The highest BCUT2D eigenvalue weighted by Gasteiger charge is 2.10. The van der Waals surface area contributed by atoms with Crippen LogP contribution in [0.25, 0.3) is 0 Å². The van der Waals surface area contributed by atoms with Crippen LogP contribution in [0, 0.1) is 11.8 Å². The molecule has 0 aliphatic rings. The second kappa shape index (κ2) is 5.95. The molecule has 102 valence electrons. The number of rotatable bonds is 2. The predicted octanol–water partition coefficient (Wildman–Crippen LogP) is 1.85. The van der Waals surface area contributed by atoms with Crippen LogP contribution in [0.2, 0.25) is 0 Å². The molecule has 0 saturated heterocycles. The third kappa shape index (κ3) is 3.64. The monoisotopic (exact) mass is 270 g/mol. The van der Waals surface area contributed by atoms with Crippen molar-refractivity contribution in [3.63, 3.8) is 0 Å². The summed E-state index contributed by atoms with van der Waals surface area (Å²) >= 11 is 0. The Hall–Kier alpha value is -2.71. The summed E-state index contributed by atoms with van der Waals surface area (Å²) in [6.45, 7) is 1.56. The van der Waals surface area contributed by atoms with Gasteiger partial charge in [-0.3, -0.25) is 4.79 Å². The Kier molecular flexibility index (Phi) is 4.08. The number of hydrogen-bond donors (Lipinski definition) is 3. The lowest BCUT2D eigenvalue weighted by Crippen LogP contribution is -2.10. The van der Waals surface area contributed by atoms with Gasteiger partial charge in [0, 0.05) is 17.4 Å². The van der Waals surface area contributed by atoms with Gasteiger partial charge in [-0.05, 0) is 31.2 Å². The summed E-state index contributed by atoms with van der Waals surface area (Å²) in [5, 5.41) is 11.7.